The van der Waals surface area contributed by atoms with Gasteiger partial charge in [0.05, 0.1) is 18.2 Å². The van der Waals surface area contributed by atoms with Crippen molar-refractivity contribution in [2.45, 2.75) is 51.2 Å². The first-order valence-corrected chi connectivity index (χ1v) is 14.8. The van der Waals surface area contributed by atoms with Crippen LogP contribution >= 0.6 is 35.7 Å². The van der Waals surface area contributed by atoms with Gasteiger partial charge < -0.3 is 25.8 Å². The zero-order valence-corrected chi connectivity index (χ0v) is 24.2. The summed E-state index contributed by atoms with van der Waals surface area (Å²) in [5, 5.41) is 19.6. The lowest BCUT2D eigenvalue weighted by molar-refractivity contribution is -0.147. The fraction of sp³-hybridized carbons (Fsp3) is 0.385. The molecule has 2 atom stereocenters. The topological polar surface area (TPSA) is 164 Å². The summed E-state index contributed by atoms with van der Waals surface area (Å²) in [7, 11) is 0. The van der Waals surface area contributed by atoms with E-state index in [0.29, 0.717) is 36.4 Å². The number of allylic oxidation sites excluding steroid dienone is 5. The second-order valence-electron chi connectivity index (χ2n) is 8.78. The van der Waals surface area contributed by atoms with Gasteiger partial charge in [0.25, 0.3) is 11.8 Å². The average Bonchev–Trinajstić information content (AvgIpc) is 3.41. The number of fused-ring (bicyclic) bond motifs is 2. The number of hydrogen-bond acceptors (Lipinski definition) is 10. The van der Waals surface area contributed by atoms with Crippen molar-refractivity contribution in [3.05, 3.63) is 63.5 Å². The molecule has 3 amide bonds. The van der Waals surface area contributed by atoms with Crippen molar-refractivity contribution in [3.8, 4) is 0 Å². The molecule has 0 saturated carbocycles. The minimum absolute atomic E-state index is 0.0593. The Labute approximate surface area is 245 Å². The highest BCUT2D eigenvalue weighted by molar-refractivity contribution is 8.32. The van der Waals surface area contributed by atoms with E-state index in [4.69, 9.17) is 4.74 Å². The smallest absolute Gasteiger partial charge is 0.326 e. The lowest BCUT2D eigenvalue weighted by Crippen LogP contribution is -2.39. The third kappa shape index (κ3) is 9.99. The number of esters is 1. The maximum Gasteiger partial charge on any atom is 0.326 e. The first kappa shape index (κ1) is 31.2. The predicted octanol–water partition coefficient (Wildman–Crippen LogP) is 3.65. The van der Waals surface area contributed by atoms with Crippen LogP contribution in [-0.4, -0.2) is 56.6 Å². The molecule has 0 saturated heterocycles. The summed E-state index contributed by atoms with van der Waals surface area (Å²) in [5.74, 6) is -1.76. The Morgan fingerprint density at radius 1 is 1.25 bits per heavy atom. The van der Waals surface area contributed by atoms with Crippen LogP contribution in [0.4, 0.5) is 4.79 Å². The standard InChI is InChI=1S/C26H30N4O7S3/c1-2-18-23(34)27-13-22(33)37-17(5-3-4-10-39-26(36)38)12-21(32)28-19(11-15-6-8-16(31)9-7-15)25-30-20(14-40-25)24(35)29-18/h2-3,5-6,8,14,17,19,31H,4,7,9-13H2,1H3,(H,27,34)(H,28,32)(H,29,35)(H,36,38)/b5-3+,18-2-/t17?,19-/m0/s1. The minimum atomic E-state index is -0.934. The lowest BCUT2D eigenvalue weighted by Gasteiger charge is -2.21. The highest BCUT2D eigenvalue weighted by Crippen LogP contribution is 2.29. The second kappa shape index (κ2) is 15.4. The number of carbonyl (C=O) groups excluding carboxylic acids is 5. The number of aromatic nitrogens is 1. The van der Waals surface area contributed by atoms with Gasteiger partial charge in [-0.1, -0.05) is 48.2 Å². The molecule has 1 unspecified atom stereocenters. The number of amides is 3. The number of hydrogen-bond donors (Lipinski definition) is 5. The van der Waals surface area contributed by atoms with Crippen LogP contribution in [-0.2, 0) is 19.1 Å². The molecule has 3 rings (SSSR count). The molecular weight excluding hydrogens is 577 g/mol. The average molecular weight is 607 g/mol. The number of nitrogens with zero attached hydrogens (tertiary/aromatic N) is 1. The molecule has 1 aliphatic heterocycles. The van der Waals surface area contributed by atoms with Crippen LogP contribution < -0.4 is 16.0 Å². The molecule has 1 aromatic heterocycles. The molecule has 40 heavy (non-hydrogen) atoms. The summed E-state index contributed by atoms with van der Waals surface area (Å²) in [6.07, 6.45) is 8.88. The Balaban J connectivity index is 1.88. The van der Waals surface area contributed by atoms with E-state index in [2.05, 4.69) is 33.6 Å². The molecular formula is C26H30N4O7S3. The number of thiol groups is 1. The quantitative estimate of drug-likeness (QED) is 0.107. The molecule has 0 aromatic carbocycles. The number of rotatable bonds is 6. The summed E-state index contributed by atoms with van der Waals surface area (Å²) < 4.78 is 5.14. The normalized spacial score (nSPS) is 22.2. The van der Waals surface area contributed by atoms with Crippen LogP contribution in [0.2, 0.25) is 0 Å². The summed E-state index contributed by atoms with van der Waals surface area (Å²) in [6, 6.07) is -0.588. The molecule has 2 bridgehead atoms. The summed E-state index contributed by atoms with van der Waals surface area (Å²) >= 11 is 5.93. The van der Waals surface area contributed by atoms with Crippen molar-refractivity contribution in [2.24, 2.45) is 0 Å². The van der Waals surface area contributed by atoms with Crippen LogP contribution in [0.15, 0.2) is 52.8 Å². The molecule has 0 fully saturated rings. The van der Waals surface area contributed by atoms with Crippen LogP contribution in [0.1, 0.15) is 60.6 Å². The molecule has 2 aliphatic rings. The predicted molar refractivity (Wildman–Crippen MR) is 155 cm³/mol. The van der Waals surface area contributed by atoms with Gasteiger partial charge in [0.15, 0.2) is 0 Å². The highest BCUT2D eigenvalue weighted by Gasteiger charge is 2.26. The molecule has 0 spiro atoms. The summed E-state index contributed by atoms with van der Waals surface area (Å²) in [4.78, 5) is 66.5. The van der Waals surface area contributed by atoms with E-state index in [1.807, 2.05) is 0 Å². The number of cyclic esters (lactones) is 1. The third-order valence-corrected chi connectivity index (χ3v) is 7.81. The molecule has 1 aromatic rings. The lowest BCUT2D eigenvalue weighted by atomic mass is 9.97. The van der Waals surface area contributed by atoms with Crippen LogP contribution in [0.25, 0.3) is 0 Å². The number of ether oxygens (including phenoxy) is 1. The monoisotopic (exact) mass is 606 g/mol. The Kier molecular flexibility index (Phi) is 12.0. The first-order chi connectivity index (χ1) is 19.1. The van der Waals surface area contributed by atoms with Crippen molar-refractivity contribution >= 4 is 63.9 Å². The summed E-state index contributed by atoms with van der Waals surface area (Å²) in [5.41, 5.74) is 0.994. The minimum Gasteiger partial charge on any atom is -0.512 e. The van der Waals surface area contributed by atoms with Gasteiger partial charge in [-0.15, -0.1) is 11.3 Å². The largest absolute Gasteiger partial charge is 0.512 e. The number of thiazole rings is 1. The fourth-order valence-corrected chi connectivity index (χ4v) is 5.36. The Morgan fingerprint density at radius 2 is 2.05 bits per heavy atom. The van der Waals surface area contributed by atoms with E-state index in [1.165, 1.54) is 17.4 Å². The Bertz CT molecular complexity index is 1270. The van der Waals surface area contributed by atoms with Crippen LogP contribution in [0.5, 0.6) is 0 Å². The van der Waals surface area contributed by atoms with Crippen molar-refractivity contribution in [3.63, 3.8) is 0 Å². The van der Waals surface area contributed by atoms with E-state index in [1.54, 1.807) is 36.6 Å². The van der Waals surface area contributed by atoms with E-state index in [9.17, 15) is 29.1 Å². The van der Waals surface area contributed by atoms with Gasteiger partial charge in [-0.05, 0) is 38.3 Å². The van der Waals surface area contributed by atoms with Crippen LogP contribution in [0, 0.1) is 0 Å². The van der Waals surface area contributed by atoms with E-state index < -0.39 is 42.4 Å². The van der Waals surface area contributed by atoms with E-state index in [-0.39, 0.29) is 28.0 Å². The number of nitrogens with one attached hydrogen (secondary N) is 3. The van der Waals surface area contributed by atoms with Gasteiger partial charge in [0, 0.05) is 17.6 Å². The molecule has 4 N–H and O–H groups in total. The molecule has 1 aliphatic carbocycles. The zero-order chi connectivity index (χ0) is 29.1. The second-order valence-corrected chi connectivity index (χ2v) is 11.4. The Morgan fingerprint density at radius 3 is 2.75 bits per heavy atom. The molecule has 14 heteroatoms. The maximum atomic E-state index is 13.1. The molecule has 11 nitrogen and oxygen atoms in total. The van der Waals surface area contributed by atoms with Gasteiger partial charge in [0.2, 0.25) is 10.4 Å². The third-order valence-electron chi connectivity index (χ3n) is 5.77. The van der Waals surface area contributed by atoms with Crippen molar-refractivity contribution in [1.82, 2.24) is 20.9 Å². The van der Waals surface area contributed by atoms with Crippen molar-refractivity contribution < 1.29 is 33.8 Å². The number of aliphatic hydroxyl groups excluding tert-OH is 1. The molecule has 0 radical (unpaired) electrons. The highest BCUT2D eigenvalue weighted by atomic mass is 32.2. The van der Waals surface area contributed by atoms with Crippen molar-refractivity contribution in [2.75, 3.05) is 12.3 Å². The molecule has 214 valence electrons. The number of thioether (sulfide) groups is 1. The molecule has 2 heterocycles. The van der Waals surface area contributed by atoms with Crippen LogP contribution in [0.3, 0.4) is 0 Å². The van der Waals surface area contributed by atoms with E-state index >= 15 is 0 Å². The van der Waals surface area contributed by atoms with E-state index in [0.717, 1.165) is 17.3 Å². The first-order valence-electron chi connectivity index (χ1n) is 12.4. The summed E-state index contributed by atoms with van der Waals surface area (Å²) in [6.45, 7) is 1.08. The number of carbonyl (C=O) groups is 5. The maximum absolute atomic E-state index is 13.1. The van der Waals surface area contributed by atoms with Gasteiger partial charge in [-0.3, -0.25) is 24.0 Å². The van der Waals surface area contributed by atoms with Gasteiger partial charge in [-0.25, -0.2) is 4.98 Å². The zero-order valence-electron chi connectivity index (χ0n) is 21.7. The van der Waals surface area contributed by atoms with Crippen molar-refractivity contribution in [1.29, 1.82) is 0 Å². The van der Waals surface area contributed by atoms with Gasteiger partial charge in [-0.2, -0.15) is 0 Å². The van der Waals surface area contributed by atoms with Gasteiger partial charge in [0.1, 0.15) is 29.0 Å². The number of aliphatic hydroxyl groups is 1. The van der Waals surface area contributed by atoms with Gasteiger partial charge >= 0.3 is 5.97 Å². The SMILES string of the molecule is C/C=C1\NC(=O)c2csc(n2)[C@H](CC2=CC=C(O)CC2)NC(=O)CC(/C=C/CCSC(=O)S)OC(=O)CNC1=O. The Hall–Kier alpha value is -3.36. The fourth-order valence-electron chi connectivity index (χ4n) is 3.81.